The molecule has 0 fully saturated rings. The van der Waals surface area contributed by atoms with Crippen LogP contribution < -0.4 is 5.32 Å². The number of carbonyl (C=O) groups excluding carboxylic acids is 1. The topological polar surface area (TPSA) is 56.2 Å². The first-order valence-electron chi connectivity index (χ1n) is 6.10. The molecule has 8 heteroatoms. The van der Waals surface area contributed by atoms with Crippen molar-refractivity contribution < 1.29 is 22.7 Å². The van der Waals surface area contributed by atoms with Crippen molar-refractivity contribution in [2.24, 2.45) is 0 Å². The molecular weight excluding hydrogens is 275 g/mol. The second-order valence-corrected chi connectivity index (χ2v) is 4.67. The second-order valence-electron chi connectivity index (χ2n) is 4.67. The molecule has 0 aliphatic heterocycles. The summed E-state index contributed by atoms with van der Waals surface area (Å²) in [6, 6.07) is 0. The number of nitrogens with zero attached hydrogens (tertiary/aromatic N) is 2. The highest BCUT2D eigenvalue weighted by atomic mass is 19.4. The molecule has 114 valence electrons. The predicted octanol–water partition coefficient (Wildman–Crippen LogP) is 1.83. The molecule has 0 aliphatic carbocycles. The maximum absolute atomic E-state index is 12.4. The number of nitrogens with one attached hydrogen (secondary N) is 1. The van der Waals surface area contributed by atoms with Gasteiger partial charge in [-0.1, -0.05) is 0 Å². The van der Waals surface area contributed by atoms with E-state index in [1.165, 1.54) is 11.8 Å². The molecule has 1 rings (SSSR count). The van der Waals surface area contributed by atoms with E-state index < -0.39 is 23.2 Å². The van der Waals surface area contributed by atoms with Gasteiger partial charge in [-0.3, -0.25) is 9.48 Å². The van der Waals surface area contributed by atoms with E-state index in [9.17, 15) is 18.0 Å². The number of ether oxygens (including phenoxy) is 1. The van der Waals surface area contributed by atoms with E-state index >= 15 is 0 Å². The van der Waals surface area contributed by atoms with Crippen LogP contribution in [0.5, 0.6) is 0 Å². The molecule has 0 amide bonds. The Morgan fingerprint density at radius 3 is 2.60 bits per heavy atom. The number of aryl methyl sites for hydroxylation is 1. The Morgan fingerprint density at radius 2 is 2.15 bits per heavy atom. The smallest absolute Gasteiger partial charge is 0.419 e. The van der Waals surface area contributed by atoms with Gasteiger partial charge in [-0.15, -0.1) is 0 Å². The molecule has 1 unspecified atom stereocenters. The van der Waals surface area contributed by atoms with Crippen LogP contribution in [0.25, 0.3) is 0 Å². The molecular formula is C12H18F3N3O2. The number of likely N-dealkylation sites (N-methyl/N-ethyl adjacent to an activating group) is 1. The minimum Gasteiger partial charge on any atom is -0.468 e. The maximum atomic E-state index is 12.4. The monoisotopic (exact) mass is 293 g/mol. The van der Waals surface area contributed by atoms with Crippen molar-refractivity contribution in [1.29, 1.82) is 0 Å². The Balaban J connectivity index is 2.56. The van der Waals surface area contributed by atoms with Gasteiger partial charge in [0, 0.05) is 12.7 Å². The number of carbonyl (C=O) groups is 1. The summed E-state index contributed by atoms with van der Waals surface area (Å²) in [7, 11) is 2.92. The lowest BCUT2D eigenvalue weighted by atomic mass is 9.96. The average molecular weight is 293 g/mol. The van der Waals surface area contributed by atoms with E-state index in [0.29, 0.717) is 19.4 Å². The third-order valence-electron chi connectivity index (χ3n) is 3.21. The lowest BCUT2D eigenvalue weighted by Crippen LogP contribution is -2.48. The largest absolute Gasteiger partial charge is 0.468 e. The highest BCUT2D eigenvalue weighted by Crippen LogP contribution is 2.28. The molecule has 0 radical (unpaired) electrons. The van der Waals surface area contributed by atoms with Crippen LogP contribution in [0, 0.1) is 0 Å². The molecule has 0 saturated heterocycles. The van der Waals surface area contributed by atoms with Gasteiger partial charge in [0.2, 0.25) is 0 Å². The summed E-state index contributed by atoms with van der Waals surface area (Å²) in [5.41, 5.74) is -1.63. The molecule has 20 heavy (non-hydrogen) atoms. The molecule has 0 aliphatic rings. The standard InChI is InChI=1S/C12H18F3N3O2/c1-11(16-2,10(19)20-3)5-4-6-18-8-9(7-17-18)12(13,14)15/h7-8,16H,4-6H2,1-3H3. The van der Waals surface area contributed by atoms with Gasteiger partial charge in [0.05, 0.1) is 18.9 Å². The van der Waals surface area contributed by atoms with Crippen LogP contribution in [-0.4, -0.2) is 35.4 Å². The molecule has 5 nitrogen and oxygen atoms in total. The third kappa shape index (κ3) is 3.96. The quantitative estimate of drug-likeness (QED) is 0.813. The lowest BCUT2D eigenvalue weighted by Gasteiger charge is -2.25. The van der Waals surface area contributed by atoms with Crippen molar-refractivity contribution in [3.05, 3.63) is 18.0 Å². The fourth-order valence-corrected chi connectivity index (χ4v) is 1.78. The molecule has 0 aromatic carbocycles. The molecule has 0 saturated carbocycles. The maximum Gasteiger partial charge on any atom is 0.419 e. The van der Waals surface area contributed by atoms with Gasteiger partial charge in [-0.2, -0.15) is 18.3 Å². The summed E-state index contributed by atoms with van der Waals surface area (Å²) in [6.45, 7) is 1.98. The summed E-state index contributed by atoms with van der Waals surface area (Å²) in [5.74, 6) is -0.406. The van der Waals surface area contributed by atoms with Gasteiger partial charge in [0.1, 0.15) is 5.54 Å². The van der Waals surface area contributed by atoms with Crippen molar-refractivity contribution in [2.75, 3.05) is 14.2 Å². The van der Waals surface area contributed by atoms with Crippen LogP contribution in [-0.2, 0) is 22.3 Å². The van der Waals surface area contributed by atoms with Gasteiger partial charge >= 0.3 is 12.1 Å². The Kier molecular flexibility index (Phi) is 5.15. The predicted molar refractivity (Wildman–Crippen MR) is 65.9 cm³/mol. The van der Waals surface area contributed by atoms with Crippen LogP contribution in [0.4, 0.5) is 13.2 Å². The Hall–Kier alpha value is -1.57. The van der Waals surface area contributed by atoms with Crippen LogP contribution in [0.15, 0.2) is 12.4 Å². The highest BCUT2D eigenvalue weighted by Gasteiger charge is 2.33. The molecule has 1 heterocycles. The van der Waals surface area contributed by atoms with Gasteiger partial charge in [0.15, 0.2) is 0 Å². The Labute approximate surface area is 115 Å². The number of hydrogen-bond acceptors (Lipinski definition) is 4. The number of hydrogen-bond donors (Lipinski definition) is 1. The van der Waals surface area contributed by atoms with Gasteiger partial charge < -0.3 is 10.1 Å². The molecule has 1 aromatic rings. The molecule has 0 spiro atoms. The molecule has 1 N–H and O–H groups in total. The summed E-state index contributed by atoms with van der Waals surface area (Å²) in [6.07, 6.45) is -1.72. The van der Waals surface area contributed by atoms with E-state index in [1.54, 1.807) is 14.0 Å². The minimum absolute atomic E-state index is 0.296. The van der Waals surface area contributed by atoms with E-state index in [4.69, 9.17) is 0 Å². The van der Waals surface area contributed by atoms with Crippen molar-refractivity contribution in [1.82, 2.24) is 15.1 Å². The SMILES string of the molecule is CNC(C)(CCCn1cc(C(F)(F)F)cn1)C(=O)OC. The van der Waals surface area contributed by atoms with E-state index in [0.717, 1.165) is 12.4 Å². The first-order valence-corrected chi connectivity index (χ1v) is 6.10. The fourth-order valence-electron chi connectivity index (χ4n) is 1.78. The van der Waals surface area contributed by atoms with Crippen LogP contribution >= 0.6 is 0 Å². The summed E-state index contributed by atoms with van der Waals surface area (Å²) in [4.78, 5) is 11.6. The highest BCUT2D eigenvalue weighted by molar-refractivity contribution is 5.80. The van der Waals surface area contributed by atoms with Crippen LogP contribution in [0.2, 0.25) is 0 Å². The summed E-state index contributed by atoms with van der Waals surface area (Å²) in [5, 5.41) is 6.51. The van der Waals surface area contributed by atoms with Crippen molar-refractivity contribution in [2.45, 2.75) is 38.0 Å². The van der Waals surface area contributed by atoms with E-state index in [-0.39, 0.29) is 0 Å². The average Bonchev–Trinajstić information content (AvgIpc) is 2.86. The second kappa shape index (κ2) is 6.25. The lowest BCUT2D eigenvalue weighted by molar-refractivity contribution is -0.148. The van der Waals surface area contributed by atoms with Crippen LogP contribution in [0.1, 0.15) is 25.3 Å². The van der Waals surface area contributed by atoms with Crippen molar-refractivity contribution >= 4 is 5.97 Å². The minimum atomic E-state index is -4.39. The zero-order chi connectivity index (χ0) is 15.4. The number of halogens is 3. The zero-order valence-corrected chi connectivity index (χ0v) is 11.6. The Morgan fingerprint density at radius 1 is 1.50 bits per heavy atom. The van der Waals surface area contributed by atoms with Crippen molar-refractivity contribution in [3.63, 3.8) is 0 Å². The zero-order valence-electron chi connectivity index (χ0n) is 11.6. The fraction of sp³-hybridized carbons (Fsp3) is 0.667. The first kappa shape index (κ1) is 16.5. The summed E-state index contributed by atoms with van der Waals surface area (Å²) >= 11 is 0. The molecule has 1 atom stereocenters. The van der Waals surface area contributed by atoms with Gasteiger partial charge in [-0.25, -0.2) is 0 Å². The van der Waals surface area contributed by atoms with Gasteiger partial charge in [0.25, 0.3) is 0 Å². The summed E-state index contributed by atoms with van der Waals surface area (Å²) < 4.78 is 43.1. The number of rotatable bonds is 6. The number of esters is 1. The van der Waals surface area contributed by atoms with Crippen LogP contribution in [0.3, 0.4) is 0 Å². The third-order valence-corrected chi connectivity index (χ3v) is 3.21. The van der Waals surface area contributed by atoms with E-state index in [1.807, 2.05) is 0 Å². The first-order chi connectivity index (χ1) is 9.23. The van der Waals surface area contributed by atoms with E-state index in [2.05, 4.69) is 15.2 Å². The van der Waals surface area contributed by atoms with Crippen molar-refractivity contribution in [3.8, 4) is 0 Å². The number of alkyl halides is 3. The normalized spacial score (nSPS) is 14.9. The molecule has 1 aromatic heterocycles. The molecule has 0 bridgehead atoms. The van der Waals surface area contributed by atoms with Gasteiger partial charge in [-0.05, 0) is 26.8 Å². The number of methoxy groups -OCH3 is 1. The Bertz CT molecular complexity index is 459. The number of aromatic nitrogens is 2.